The van der Waals surface area contributed by atoms with Crippen molar-refractivity contribution >= 4 is 5.91 Å². The zero-order valence-corrected chi connectivity index (χ0v) is 9.99. The fourth-order valence-electron chi connectivity index (χ4n) is 2.00. The molecule has 1 aliphatic heterocycles. The number of carbonyl (C=O) groups excluding carboxylic acids is 1. The number of likely N-dealkylation sites (tertiary alicyclic amines) is 1. The van der Waals surface area contributed by atoms with E-state index in [0.29, 0.717) is 19.5 Å². The molecule has 94 valence electrons. The smallest absolute Gasteiger partial charge is 0.224 e. The summed E-state index contributed by atoms with van der Waals surface area (Å²) in [5, 5.41) is 17.2. The van der Waals surface area contributed by atoms with Gasteiger partial charge in [0.1, 0.15) is 0 Å². The van der Waals surface area contributed by atoms with Gasteiger partial charge in [0.05, 0.1) is 18.8 Å². The number of aryl methyl sites for hydroxylation is 1. The molecule has 0 saturated carbocycles. The lowest BCUT2D eigenvalue weighted by Crippen LogP contribution is -2.46. The summed E-state index contributed by atoms with van der Waals surface area (Å²) in [6.07, 6.45) is 4.22. The van der Waals surface area contributed by atoms with Crippen molar-refractivity contribution in [2.45, 2.75) is 32.4 Å². The van der Waals surface area contributed by atoms with Crippen LogP contribution in [0.5, 0.6) is 0 Å². The maximum atomic E-state index is 11.9. The Morgan fingerprint density at radius 2 is 2.41 bits per heavy atom. The molecular weight excluding hydrogens is 220 g/mol. The number of nitrogens with zero attached hydrogens (tertiary/aromatic N) is 4. The molecule has 2 atom stereocenters. The van der Waals surface area contributed by atoms with Gasteiger partial charge in [-0.3, -0.25) is 9.48 Å². The SMILES string of the molecule is CC1CCN(C(=O)CCn2ccnn2)CC1O. The van der Waals surface area contributed by atoms with Gasteiger partial charge in [-0.05, 0) is 12.3 Å². The molecule has 0 aliphatic carbocycles. The molecule has 2 heterocycles. The maximum absolute atomic E-state index is 11.9. The van der Waals surface area contributed by atoms with Gasteiger partial charge < -0.3 is 10.0 Å². The highest BCUT2D eigenvalue weighted by molar-refractivity contribution is 5.76. The summed E-state index contributed by atoms with van der Waals surface area (Å²) >= 11 is 0. The van der Waals surface area contributed by atoms with E-state index in [-0.39, 0.29) is 17.9 Å². The molecule has 1 N–H and O–H groups in total. The van der Waals surface area contributed by atoms with E-state index >= 15 is 0 Å². The second-order valence-electron chi connectivity index (χ2n) is 4.59. The van der Waals surface area contributed by atoms with Crippen LogP contribution < -0.4 is 0 Å². The van der Waals surface area contributed by atoms with Crippen LogP contribution in [-0.2, 0) is 11.3 Å². The lowest BCUT2D eigenvalue weighted by Gasteiger charge is -2.34. The van der Waals surface area contributed by atoms with Crippen molar-refractivity contribution in [2.75, 3.05) is 13.1 Å². The van der Waals surface area contributed by atoms with Crippen molar-refractivity contribution < 1.29 is 9.90 Å². The summed E-state index contributed by atoms with van der Waals surface area (Å²) < 4.78 is 1.64. The molecule has 1 saturated heterocycles. The highest BCUT2D eigenvalue weighted by atomic mass is 16.3. The number of piperidine rings is 1. The number of aliphatic hydroxyl groups excluding tert-OH is 1. The first-order chi connectivity index (χ1) is 8.16. The van der Waals surface area contributed by atoms with Crippen molar-refractivity contribution in [2.24, 2.45) is 5.92 Å². The Hall–Kier alpha value is -1.43. The Morgan fingerprint density at radius 1 is 1.59 bits per heavy atom. The van der Waals surface area contributed by atoms with E-state index in [1.807, 2.05) is 6.92 Å². The third-order valence-electron chi connectivity index (χ3n) is 3.30. The molecule has 1 aliphatic rings. The van der Waals surface area contributed by atoms with Crippen molar-refractivity contribution in [3.8, 4) is 0 Å². The summed E-state index contributed by atoms with van der Waals surface area (Å²) in [4.78, 5) is 13.6. The summed E-state index contributed by atoms with van der Waals surface area (Å²) in [6.45, 7) is 3.76. The van der Waals surface area contributed by atoms with E-state index in [9.17, 15) is 9.90 Å². The first kappa shape index (κ1) is 12.0. The average molecular weight is 238 g/mol. The van der Waals surface area contributed by atoms with Gasteiger partial charge in [0.2, 0.25) is 5.91 Å². The van der Waals surface area contributed by atoms with Crippen molar-refractivity contribution in [1.82, 2.24) is 19.9 Å². The zero-order chi connectivity index (χ0) is 12.3. The number of amides is 1. The molecule has 6 nitrogen and oxygen atoms in total. The van der Waals surface area contributed by atoms with Crippen LogP contribution in [0, 0.1) is 5.92 Å². The maximum Gasteiger partial charge on any atom is 0.224 e. The minimum atomic E-state index is -0.390. The molecule has 1 aromatic rings. The normalized spacial score (nSPS) is 24.9. The molecule has 2 rings (SSSR count). The molecule has 1 aromatic heterocycles. The Bertz CT molecular complexity index is 366. The van der Waals surface area contributed by atoms with Crippen molar-refractivity contribution in [1.29, 1.82) is 0 Å². The molecule has 0 bridgehead atoms. The monoisotopic (exact) mass is 238 g/mol. The second kappa shape index (κ2) is 5.27. The van der Waals surface area contributed by atoms with Gasteiger partial charge in [-0.1, -0.05) is 12.1 Å². The average Bonchev–Trinajstić information content (AvgIpc) is 2.82. The number of carbonyl (C=O) groups is 1. The fourth-order valence-corrected chi connectivity index (χ4v) is 2.00. The summed E-state index contributed by atoms with van der Waals surface area (Å²) in [5.41, 5.74) is 0. The van der Waals surface area contributed by atoms with Crippen LogP contribution >= 0.6 is 0 Å². The predicted molar refractivity (Wildman–Crippen MR) is 61.0 cm³/mol. The first-order valence-electron chi connectivity index (χ1n) is 5.97. The standard InChI is InChI=1S/C11H18N4O2/c1-9-2-5-14(8-10(9)16)11(17)3-6-15-7-4-12-13-15/h4,7,9-10,16H,2-3,5-6,8H2,1H3. The molecular formula is C11H18N4O2. The molecule has 2 unspecified atom stereocenters. The molecule has 1 fully saturated rings. The number of hydrogen-bond acceptors (Lipinski definition) is 4. The van der Waals surface area contributed by atoms with Gasteiger partial charge in [0.25, 0.3) is 0 Å². The van der Waals surface area contributed by atoms with E-state index in [1.54, 1.807) is 22.0 Å². The molecule has 0 aromatic carbocycles. The van der Waals surface area contributed by atoms with E-state index in [0.717, 1.165) is 13.0 Å². The minimum Gasteiger partial charge on any atom is -0.391 e. The summed E-state index contributed by atoms with van der Waals surface area (Å²) in [5.74, 6) is 0.362. The Kier molecular flexibility index (Phi) is 3.73. The first-order valence-corrected chi connectivity index (χ1v) is 5.97. The van der Waals surface area contributed by atoms with Gasteiger partial charge in [-0.15, -0.1) is 5.10 Å². The van der Waals surface area contributed by atoms with Gasteiger partial charge in [-0.25, -0.2) is 0 Å². The number of β-amino-alcohol motifs (C(OH)–C–C–N with tert-alkyl or cyclic N) is 1. The molecule has 17 heavy (non-hydrogen) atoms. The third-order valence-corrected chi connectivity index (χ3v) is 3.30. The number of rotatable bonds is 3. The highest BCUT2D eigenvalue weighted by Gasteiger charge is 2.26. The largest absolute Gasteiger partial charge is 0.391 e. The Labute approximate surface area is 100 Å². The molecule has 1 amide bonds. The van der Waals surface area contributed by atoms with Crippen LogP contribution in [0.3, 0.4) is 0 Å². The highest BCUT2D eigenvalue weighted by Crippen LogP contribution is 2.17. The van der Waals surface area contributed by atoms with Crippen LogP contribution in [0.25, 0.3) is 0 Å². The van der Waals surface area contributed by atoms with Crippen molar-refractivity contribution in [3.05, 3.63) is 12.4 Å². The summed E-state index contributed by atoms with van der Waals surface area (Å²) in [7, 11) is 0. The minimum absolute atomic E-state index is 0.0754. The lowest BCUT2D eigenvalue weighted by atomic mass is 9.96. The number of aliphatic hydroxyl groups is 1. The van der Waals surface area contributed by atoms with Crippen LogP contribution in [0.2, 0.25) is 0 Å². The number of hydrogen-bond donors (Lipinski definition) is 1. The topological polar surface area (TPSA) is 71.2 Å². The summed E-state index contributed by atoms with van der Waals surface area (Å²) in [6, 6.07) is 0. The van der Waals surface area contributed by atoms with Gasteiger partial charge in [0.15, 0.2) is 0 Å². The van der Waals surface area contributed by atoms with Gasteiger partial charge >= 0.3 is 0 Å². The quantitative estimate of drug-likeness (QED) is 0.798. The van der Waals surface area contributed by atoms with Gasteiger partial charge in [-0.2, -0.15) is 0 Å². The molecule has 6 heteroatoms. The van der Waals surface area contributed by atoms with Crippen LogP contribution in [0.4, 0.5) is 0 Å². The van der Waals surface area contributed by atoms with E-state index in [2.05, 4.69) is 10.3 Å². The number of aromatic nitrogens is 3. The van der Waals surface area contributed by atoms with E-state index in [1.165, 1.54) is 0 Å². The predicted octanol–water partition coefficient (Wildman–Crippen LogP) is -0.103. The van der Waals surface area contributed by atoms with Crippen molar-refractivity contribution in [3.63, 3.8) is 0 Å². The third kappa shape index (κ3) is 3.03. The van der Waals surface area contributed by atoms with Crippen LogP contribution in [0.15, 0.2) is 12.4 Å². The Balaban J connectivity index is 1.80. The lowest BCUT2D eigenvalue weighted by molar-refractivity contribution is -0.135. The van der Waals surface area contributed by atoms with Crippen LogP contribution in [-0.4, -0.2) is 50.1 Å². The molecule has 0 radical (unpaired) electrons. The second-order valence-corrected chi connectivity index (χ2v) is 4.59. The Morgan fingerprint density at radius 3 is 3.06 bits per heavy atom. The fraction of sp³-hybridized carbons (Fsp3) is 0.727. The zero-order valence-electron chi connectivity index (χ0n) is 9.99. The van der Waals surface area contributed by atoms with Gasteiger partial charge in [0, 0.05) is 25.7 Å². The van der Waals surface area contributed by atoms with Crippen LogP contribution in [0.1, 0.15) is 19.8 Å². The molecule has 0 spiro atoms. The van der Waals surface area contributed by atoms with E-state index < -0.39 is 0 Å². The van der Waals surface area contributed by atoms with E-state index in [4.69, 9.17) is 0 Å².